The molecule has 4 heterocycles. The number of alkyl halides is 1. The van der Waals surface area contributed by atoms with E-state index in [2.05, 4.69) is 15.3 Å². The van der Waals surface area contributed by atoms with Gasteiger partial charge in [0.05, 0.1) is 41.9 Å². The Morgan fingerprint density at radius 1 is 1.16 bits per heavy atom. The maximum atomic E-state index is 15.3. The summed E-state index contributed by atoms with van der Waals surface area (Å²) in [5.74, 6) is -1.56. The van der Waals surface area contributed by atoms with Crippen LogP contribution in [0.5, 0.6) is 0 Å². The number of piperidine rings is 1. The van der Waals surface area contributed by atoms with Crippen LogP contribution in [0.1, 0.15) is 57.4 Å². The molecule has 2 aliphatic rings. The molecule has 206 valence electrons. The number of H-pyrrole nitrogens is 1. The summed E-state index contributed by atoms with van der Waals surface area (Å²) < 4.78 is 25.9. The minimum atomic E-state index is -1.43. The molecule has 2 aliphatic heterocycles. The van der Waals surface area contributed by atoms with Gasteiger partial charge in [0.2, 0.25) is 0 Å². The van der Waals surface area contributed by atoms with Gasteiger partial charge < -0.3 is 29.6 Å². The van der Waals surface area contributed by atoms with Crippen LogP contribution in [-0.2, 0) is 9.47 Å². The van der Waals surface area contributed by atoms with E-state index in [0.717, 1.165) is 0 Å². The number of rotatable bonds is 6. The van der Waals surface area contributed by atoms with Crippen molar-refractivity contribution in [1.29, 1.82) is 0 Å². The molecule has 0 bridgehead atoms. The number of amides is 2. The summed E-state index contributed by atoms with van der Waals surface area (Å²) in [4.78, 5) is 48.9. The normalized spacial score (nSPS) is 20.0. The van der Waals surface area contributed by atoms with Crippen LogP contribution in [0, 0.1) is 6.92 Å². The first-order chi connectivity index (χ1) is 18.0. The number of esters is 1. The summed E-state index contributed by atoms with van der Waals surface area (Å²) in [7, 11) is 0. The van der Waals surface area contributed by atoms with Crippen molar-refractivity contribution in [2.24, 2.45) is 0 Å². The van der Waals surface area contributed by atoms with Gasteiger partial charge in [0.15, 0.2) is 5.69 Å². The molecule has 2 amide bonds. The molecule has 2 aromatic heterocycles. The second-order valence-corrected chi connectivity index (χ2v) is 10.3. The van der Waals surface area contributed by atoms with Crippen molar-refractivity contribution >= 4 is 46.7 Å². The van der Waals surface area contributed by atoms with E-state index in [4.69, 9.17) is 32.7 Å². The van der Waals surface area contributed by atoms with Crippen LogP contribution in [0.15, 0.2) is 12.1 Å². The highest BCUT2D eigenvalue weighted by molar-refractivity contribution is 6.44. The van der Waals surface area contributed by atoms with Crippen molar-refractivity contribution in [3.05, 3.63) is 45.0 Å². The number of pyridine rings is 1. The number of morpholine rings is 1. The number of carbonyl (C=O) groups is 3. The predicted molar refractivity (Wildman–Crippen MR) is 140 cm³/mol. The van der Waals surface area contributed by atoms with E-state index in [1.165, 1.54) is 6.07 Å². The topological polar surface area (TPSA) is 117 Å². The van der Waals surface area contributed by atoms with Gasteiger partial charge >= 0.3 is 5.97 Å². The number of anilines is 1. The molecule has 13 heteroatoms. The van der Waals surface area contributed by atoms with Crippen molar-refractivity contribution in [3.8, 4) is 0 Å². The van der Waals surface area contributed by atoms with E-state index in [9.17, 15) is 14.4 Å². The van der Waals surface area contributed by atoms with Gasteiger partial charge in [-0.3, -0.25) is 9.59 Å². The zero-order valence-electron chi connectivity index (χ0n) is 21.4. The van der Waals surface area contributed by atoms with Crippen LogP contribution in [0.2, 0.25) is 10.0 Å². The molecule has 2 saturated heterocycles. The lowest BCUT2D eigenvalue weighted by molar-refractivity contribution is 0.0298. The standard InChI is InChI=1S/C25H30Cl2FN5O5/c1-13(2)38-25(36)19-11-15(10-18(30-19)24(35)32-6-8-37-9-7-32)33-5-4-17(16(28)12-33)31-23(34)22-21(27)20(26)14(3)29-22/h10-11,13,16-17,29H,4-9,12H2,1-3H3,(H,31,34)/t16-,17+/m0/s1. The number of aromatic amines is 1. The quantitative estimate of drug-likeness (QED) is 0.512. The molecule has 2 fully saturated rings. The van der Waals surface area contributed by atoms with Gasteiger partial charge in [-0.15, -0.1) is 0 Å². The zero-order chi connectivity index (χ0) is 27.6. The van der Waals surface area contributed by atoms with Gasteiger partial charge in [-0.2, -0.15) is 0 Å². The van der Waals surface area contributed by atoms with Crippen LogP contribution in [0.4, 0.5) is 10.1 Å². The molecule has 2 aromatic rings. The Morgan fingerprint density at radius 3 is 2.45 bits per heavy atom. The number of hydrogen-bond acceptors (Lipinski definition) is 7. The zero-order valence-corrected chi connectivity index (χ0v) is 22.9. The maximum absolute atomic E-state index is 15.3. The lowest BCUT2D eigenvalue weighted by Gasteiger charge is -2.36. The molecule has 0 spiro atoms. The molecular weight excluding hydrogens is 540 g/mol. The first-order valence-electron chi connectivity index (χ1n) is 12.4. The lowest BCUT2D eigenvalue weighted by Crippen LogP contribution is -2.52. The van der Waals surface area contributed by atoms with Crippen molar-refractivity contribution in [2.75, 3.05) is 44.3 Å². The third-order valence-electron chi connectivity index (χ3n) is 6.38. The molecule has 0 unspecified atom stereocenters. The number of aromatic nitrogens is 2. The maximum Gasteiger partial charge on any atom is 0.357 e. The average molecular weight is 570 g/mol. The van der Waals surface area contributed by atoms with Crippen molar-refractivity contribution in [3.63, 3.8) is 0 Å². The fourth-order valence-electron chi connectivity index (χ4n) is 4.39. The SMILES string of the molecule is Cc1[nH]c(C(=O)N[C@@H]2CCN(c3cc(C(=O)OC(C)C)nc(C(=O)N4CCOCC4)c3)C[C@@H]2F)c(Cl)c1Cl. The van der Waals surface area contributed by atoms with Gasteiger partial charge in [0, 0.05) is 31.0 Å². The van der Waals surface area contributed by atoms with Gasteiger partial charge in [0.1, 0.15) is 17.6 Å². The van der Waals surface area contributed by atoms with Gasteiger partial charge in [-0.1, -0.05) is 23.2 Å². The highest BCUT2D eigenvalue weighted by atomic mass is 35.5. The summed E-state index contributed by atoms with van der Waals surface area (Å²) in [6, 6.07) is 2.29. The van der Waals surface area contributed by atoms with Crippen LogP contribution in [0.25, 0.3) is 0 Å². The molecule has 2 N–H and O–H groups in total. The van der Waals surface area contributed by atoms with Crippen molar-refractivity contribution < 1.29 is 28.2 Å². The Labute approximate surface area is 229 Å². The summed E-state index contributed by atoms with van der Waals surface area (Å²) in [5.41, 5.74) is 1.12. The minimum Gasteiger partial charge on any atom is -0.458 e. The number of halogens is 3. The van der Waals surface area contributed by atoms with Crippen molar-refractivity contribution in [2.45, 2.75) is 45.5 Å². The Hall–Kier alpha value is -2.89. The first-order valence-corrected chi connectivity index (χ1v) is 13.1. The summed E-state index contributed by atoms with van der Waals surface area (Å²) in [6.45, 7) is 7.03. The van der Waals surface area contributed by atoms with E-state index in [-0.39, 0.29) is 52.1 Å². The monoisotopic (exact) mass is 569 g/mol. The fraction of sp³-hybridized carbons (Fsp3) is 0.520. The number of hydrogen-bond donors (Lipinski definition) is 2. The molecule has 0 radical (unpaired) electrons. The third-order valence-corrected chi connectivity index (χ3v) is 7.33. The predicted octanol–water partition coefficient (Wildman–Crippen LogP) is 3.41. The number of carbonyl (C=O) groups excluding carboxylic acids is 3. The largest absolute Gasteiger partial charge is 0.458 e. The van der Waals surface area contributed by atoms with Gasteiger partial charge in [-0.25, -0.2) is 14.2 Å². The Kier molecular flexibility index (Phi) is 8.79. The van der Waals surface area contributed by atoms with E-state index in [0.29, 0.717) is 44.2 Å². The second-order valence-electron chi connectivity index (χ2n) is 9.54. The minimum absolute atomic E-state index is 0.0349. The molecule has 0 aromatic carbocycles. The molecule has 38 heavy (non-hydrogen) atoms. The Balaban J connectivity index is 1.52. The highest BCUT2D eigenvalue weighted by Crippen LogP contribution is 2.30. The number of nitrogens with zero attached hydrogens (tertiary/aromatic N) is 3. The van der Waals surface area contributed by atoms with Crippen LogP contribution >= 0.6 is 23.2 Å². The summed E-state index contributed by atoms with van der Waals surface area (Å²) in [5, 5.41) is 3.02. The molecule has 0 saturated carbocycles. The van der Waals surface area contributed by atoms with Crippen LogP contribution < -0.4 is 10.2 Å². The van der Waals surface area contributed by atoms with Crippen LogP contribution in [0.3, 0.4) is 0 Å². The first kappa shape index (κ1) is 28.1. The van der Waals surface area contributed by atoms with E-state index >= 15 is 4.39 Å². The van der Waals surface area contributed by atoms with Gasteiger partial charge in [0.25, 0.3) is 11.8 Å². The summed E-state index contributed by atoms with van der Waals surface area (Å²) >= 11 is 12.2. The number of aryl methyl sites for hydroxylation is 1. The van der Waals surface area contributed by atoms with E-state index < -0.39 is 24.1 Å². The molecule has 10 nitrogen and oxygen atoms in total. The Bertz CT molecular complexity index is 1220. The van der Waals surface area contributed by atoms with E-state index in [1.54, 1.807) is 36.6 Å². The van der Waals surface area contributed by atoms with Gasteiger partial charge in [-0.05, 0) is 39.3 Å². The summed E-state index contributed by atoms with van der Waals surface area (Å²) in [6.07, 6.45) is -1.54. The third kappa shape index (κ3) is 6.22. The second kappa shape index (κ2) is 11.9. The van der Waals surface area contributed by atoms with Crippen LogP contribution in [-0.4, -0.2) is 90.4 Å². The molecule has 2 atom stereocenters. The highest BCUT2D eigenvalue weighted by Gasteiger charge is 2.33. The lowest BCUT2D eigenvalue weighted by atomic mass is 10.0. The molecular formula is C25H30Cl2FN5O5. The van der Waals surface area contributed by atoms with E-state index in [1.807, 2.05) is 0 Å². The number of nitrogens with one attached hydrogen (secondary N) is 2. The number of ether oxygens (including phenoxy) is 2. The molecule has 0 aliphatic carbocycles. The van der Waals surface area contributed by atoms with Crippen molar-refractivity contribution in [1.82, 2.24) is 20.2 Å². The average Bonchev–Trinajstić information content (AvgIpc) is 3.16. The molecule has 4 rings (SSSR count). The smallest absolute Gasteiger partial charge is 0.357 e. The Morgan fingerprint density at radius 2 is 1.84 bits per heavy atom. The fourth-order valence-corrected chi connectivity index (χ4v) is 4.80.